The number of anilines is 1. The molecule has 0 saturated carbocycles. The highest BCUT2D eigenvalue weighted by molar-refractivity contribution is 9.10. The zero-order chi connectivity index (χ0) is 10.5. The molecule has 1 saturated heterocycles. The topological polar surface area (TPSA) is 41.1 Å². The Balaban J connectivity index is 2.17. The first-order valence-electron chi connectivity index (χ1n) is 5.05. The average molecular weight is 267 g/mol. The Hall–Kier alpha value is -0.870. The fourth-order valence-electron chi connectivity index (χ4n) is 2.52. The molecule has 0 radical (unpaired) electrons. The van der Waals surface area contributed by atoms with Gasteiger partial charge in [-0.3, -0.25) is 4.79 Å². The lowest BCUT2D eigenvalue weighted by Crippen LogP contribution is -2.36. The molecular weight excluding hydrogens is 256 g/mol. The summed E-state index contributed by atoms with van der Waals surface area (Å²) in [7, 11) is 0. The van der Waals surface area contributed by atoms with Crippen molar-refractivity contribution in [2.24, 2.45) is 0 Å². The van der Waals surface area contributed by atoms with Gasteiger partial charge in [-0.15, -0.1) is 0 Å². The Kier molecular flexibility index (Phi) is 1.91. The van der Waals surface area contributed by atoms with Gasteiger partial charge in [-0.1, -0.05) is 22.0 Å². The largest absolute Gasteiger partial charge is 0.325 e. The van der Waals surface area contributed by atoms with Crippen molar-refractivity contribution in [1.82, 2.24) is 5.32 Å². The summed E-state index contributed by atoms with van der Waals surface area (Å²) in [6.07, 6.45) is 0.896. The van der Waals surface area contributed by atoms with Gasteiger partial charge in [0, 0.05) is 16.7 Å². The Morgan fingerprint density at radius 2 is 2.27 bits per heavy atom. The molecule has 0 unspecified atom stereocenters. The molecule has 2 N–H and O–H groups in total. The van der Waals surface area contributed by atoms with Crippen LogP contribution in [0.2, 0.25) is 0 Å². The van der Waals surface area contributed by atoms with Crippen LogP contribution in [-0.2, 0) is 10.2 Å². The number of hydrogen-bond acceptors (Lipinski definition) is 2. The Bertz CT molecular complexity index is 438. The molecule has 1 atom stereocenters. The molecule has 78 valence electrons. The number of fused-ring (bicyclic) bond motifs is 2. The van der Waals surface area contributed by atoms with Crippen molar-refractivity contribution in [3.8, 4) is 0 Å². The van der Waals surface area contributed by atoms with Crippen LogP contribution in [-0.4, -0.2) is 19.0 Å². The van der Waals surface area contributed by atoms with E-state index in [2.05, 4.69) is 26.6 Å². The summed E-state index contributed by atoms with van der Waals surface area (Å²) in [5, 5.41) is 6.23. The fourth-order valence-corrected chi connectivity index (χ4v) is 2.88. The van der Waals surface area contributed by atoms with E-state index in [0.717, 1.165) is 35.2 Å². The van der Waals surface area contributed by atoms with Crippen molar-refractivity contribution in [2.75, 3.05) is 18.4 Å². The molecule has 2 aliphatic rings. The van der Waals surface area contributed by atoms with Gasteiger partial charge in [-0.2, -0.15) is 0 Å². The number of benzene rings is 1. The fraction of sp³-hybridized carbons (Fsp3) is 0.364. The minimum absolute atomic E-state index is 0.139. The zero-order valence-electron chi connectivity index (χ0n) is 8.14. The van der Waals surface area contributed by atoms with Crippen LogP contribution in [0.3, 0.4) is 0 Å². The quantitative estimate of drug-likeness (QED) is 0.750. The van der Waals surface area contributed by atoms with Gasteiger partial charge in [0.15, 0.2) is 0 Å². The Morgan fingerprint density at radius 3 is 3.00 bits per heavy atom. The second-order valence-electron chi connectivity index (χ2n) is 4.15. The van der Waals surface area contributed by atoms with E-state index < -0.39 is 0 Å². The predicted octanol–water partition coefficient (Wildman–Crippen LogP) is 1.63. The van der Waals surface area contributed by atoms with E-state index in [0.29, 0.717) is 0 Å². The maximum atomic E-state index is 12.0. The average Bonchev–Trinajstić information content (AvgIpc) is 2.76. The Labute approximate surface area is 96.4 Å². The van der Waals surface area contributed by atoms with Gasteiger partial charge in [-0.05, 0) is 30.7 Å². The van der Waals surface area contributed by atoms with Crippen molar-refractivity contribution in [1.29, 1.82) is 0 Å². The number of amides is 1. The number of nitrogens with one attached hydrogen (secondary N) is 2. The number of carbonyl (C=O) groups is 1. The van der Waals surface area contributed by atoms with Crippen LogP contribution < -0.4 is 10.6 Å². The van der Waals surface area contributed by atoms with Crippen LogP contribution in [0.25, 0.3) is 0 Å². The van der Waals surface area contributed by atoms with E-state index in [9.17, 15) is 4.79 Å². The van der Waals surface area contributed by atoms with E-state index in [1.165, 1.54) is 0 Å². The lowest BCUT2D eigenvalue weighted by molar-refractivity contribution is -0.120. The maximum absolute atomic E-state index is 12.0. The van der Waals surface area contributed by atoms with E-state index in [4.69, 9.17) is 0 Å². The van der Waals surface area contributed by atoms with Gasteiger partial charge in [0.1, 0.15) is 0 Å². The minimum atomic E-state index is -0.309. The second-order valence-corrected chi connectivity index (χ2v) is 5.07. The summed E-state index contributed by atoms with van der Waals surface area (Å²) in [6, 6.07) is 6.02. The van der Waals surface area contributed by atoms with Gasteiger partial charge in [0.05, 0.1) is 5.41 Å². The third-order valence-corrected chi connectivity index (χ3v) is 3.83. The smallest absolute Gasteiger partial charge is 0.236 e. The van der Waals surface area contributed by atoms with Gasteiger partial charge in [0.2, 0.25) is 5.91 Å². The minimum Gasteiger partial charge on any atom is -0.325 e. The second kappa shape index (κ2) is 3.06. The van der Waals surface area contributed by atoms with Crippen LogP contribution in [0, 0.1) is 0 Å². The molecule has 1 amide bonds. The molecule has 1 aromatic carbocycles. The molecule has 4 heteroatoms. The summed E-state index contributed by atoms with van der Waals surface area (Å²) >= 11 is 3.41. The first-order valence-corrected chi connectivity index (χ1v) is 5.84. The van der Waals surface area contributed by atoms with Crippen molar-refractivity contribution in [2.45, 2.75) is 11.8 Å². The predicted molar refractivity (Wildman–Crippen MR) is 61.9 cm³/mol. The maximum Gasteiger partial charge on any atom is 0.236 e. The summed E-state index contributed by atoms with van der Waals surface area (Å²) in [5.41, 5.74) is 1.79. The third kappa shape index (κ3) is 1.18. The molecule has 0 bridgehead atoms. The molecule has 2 aliphatic heterocycles. The summed E-state index contributed by atoms with van der Waals surface area (Å²) in [4.78, 5) is 12.0. The number of carbonyl (C=O) groups excluding carboxylic acids is 1. The first kappa shape index (κ1) is 9.36. The van der Waals surface area contributed by atoms with Gasteiger partial charge in [-0.25, -0.2) is 0 Å². The molecule has 3 nitrogen and oxygen atoms in total. The van der Waals surface area contributed by atoms with Gasteiger partial charge in [0.25, 0.3) is 0 Å². The van der Waals surface area contributed by atoms with Crippen molar-refractivity contribution >= 4 is 27.5 Å². The monoisotopic (exact) mass is 266 g/mol. The molecule has 1 aromatic rings. The molecule has 1 spiro atoms. The number of halogens is 1. The van der Waals surface area contributed by atoms with Crippen molar-refractivity contribution in [3.63, 3.8) is 0 Å². The van der Waals surface area contributed by atoms with Crippen LogP contribution in [0.4, 0.5) is 5.69 Å². The molecule has 15 heavy (non-hydrogen) atoms. The molecule has 1 fully saturated rings. The highest BCUT2D eigenvalue weighted by Crippen LogP contribution is 2.42. The number of rotatable bonds is 0. The highest BCUT2D eigenvalue weighted by Gasteiger charge is 2.48. The lowest BCUT2D eigenvalue weighted by Gasteiger charge is -2.19. The number of hydrogen-bond donors (Lipinski definition) is 2. The van der Waals surface area contributed by atoms with E-state index in [1.54, 1.807) is 0 Å². The zero-order valence-corrected chi connectivity index (χ0v) is 9.73. The molecule has 0 aromatic heterocycles. The summed E-state index contributed by atoms with van der Waals surface area (Å²) in [6.45, 7) is 1.68. The summed E-state index contributed by atoms with van der Waals surface area (Å²) in [5.74, 6) is 0.139. The third-order valence-electron chi connectivity index (χ3n) is 3.34. The normalized spacial score (nSPS) is 28.2. The van der Waals surface area contributed by atoms with Crippen LogP contribution in [0.15, 0.2) is 22.7 Å². The molecule has 3 rings (SSSR count). The van der Waals surface area contributed by atoms with E-state index >= 15 is 0 Å². The highest BCUT2D eigenvalue weighted by atomic mass is 79.9. The van der Waals surface area contributed by atoms with Crippen LogP contribution in [0.5, 0.6) is 0 Å². The molecule has 2 heterocycles. The first-order chi connectivity index (χ1) is 7.22. The van der Waals surface area contributed by atoms with E-state index in [-0.39, 0.29) is 11.3 Å². The van der Waals surface area contributed by atoms with Gasteiger partial charge < -0.3 is 10.6 Å². The van der Waals surface area contributed by atoms with Gasteiger partial charge >= 0.3 is 0 Å². The lowest BCUT2D eigenvalue weighted by atomic mass is 9.81. The summed E-state index contributed by atoms with van der Waals surface area (Å²) < 4.78 is 1.00. The standard InChI is InChI=1S/C11H11BrN2O/c12-7-1-2-8-9(5-7)14-10(15)11(8)3-4-13-6-11/h1-2,5,13H,3-4,6H2,(H,14,15)/t11-/m1/s1. The Morgan fingerprint density at radius 1 is 1.40 bits per heavy atom. The van der Waals surface area contributed by atoms with Crippen LogP contribution >= 0.6 is 15.9 Å². The van der Waals surface area contributed by atoms with Crippen molar-refractivity contribution in [3.05, 3.63) is 28.2 Å². The molecule has 0 aliphatic carbocycles. The SMILES string of the molecule is O=C1Nc2cc(Br)ccc2[C@]12CCNC2. The van der Waals surface area contributed by atoms with Crippen molar-refractivity contribution < 1.29 is 4.79 Å². The molecular formula is C11H11BrN2O. The van der Waals surface area contributed by atoms with Crippen LogP contribution in [0.1, 0.15) is 12.0 Å². The van der Waals surface area contributed by atoms with E-state index in [1.807, 2.05) is 18.2 Å².